The lowest BCUT2D eigenvalue weighted by atomic mass is 9.80. The van der Waals surface area contributed by atoms with Crippen LogP contribution in [0.25, 0.3) is 48.7 Å². The summed E-state index contributed by atoms with van der Waals surface area (Å²) < 4.78 is 12.0. The van der Waals surface area contributed by atoms with E-state index in [1.54, 1.807) is 23.5 Å². The molecule has 51 heavy (non-hydrogen) atoms. The van der Waals surface area contributed by atoms with Gasteiger partial charge in [0.1, 0.15) is 0 Å². The largest absolute Gasteiger partial charge is 0.492 e. The quantitative estimate of drug-likeness (QED) is 0.103. The molecule has 0 amide bonds. The third-order valence-corrected chi connectivity index (χ3v) is 13.8. The molecule has 266 valence electrons. The van der Waals surface area contributed by atoms with Crippen molar-refractivity contribution in [3.8, 4) is 11.5 Å². The number of carbonyl (C=O) groups excluding carboxylic acids is 1. The van der Waals surface area contributed by atoms with E-state index in [4.69, 9.17) is 9.47 Å². The van der Waals surface area contributed by atoms with Crippen LogP contribution < -0.4 is 31.0 Å². The predicted octanol–water partition coefficient (Wildman–Crippen LogP) is 6.90. The number of ether oxygens (including phenoxy) is 2. The van der Waals surface area contributed by atoms with Gasteiger partial charge in [0, 0.05) is 77.4 Å². The van der Waals surface area contributed by atoms with Gasteiger partial charge < -0.3 is 30.3 Å². The van der Waals surface area contributed by atoms with E-state index in [9.17, 15) is 19.8 Å². The average molecular weight is 727 g/mol. The van der Waals surface area contributed by atoms with Gasteiger partial charge in [-0.3, -0.25) is 14.4 Å². The number of hydrogen-bond donors (Lipinski definition) is 4. The second-order valence-corrected chi connectivity index (χ2v) is 16.8. The fraction of sp³-hybridized carbons (Fsp3) is 0.425. The summed E-state index contributed by atoms with van der Waals surface area (Å²) >= 11 is 3.21. The SMILES string of the molecule is COc1c2c3c4c(c(OC)c(=O)c5c6c(c(CO)c(c7c(CO)c8c(c(c1=O)c73)NC(C(C)C)CS8)c54)SCC(C(C)C)N6)C(C(C)=O)=C(C)C2. The molecule has 1 aliphatic carbocycles. The molecule has 0 saturated heterocycles. The number of methoxy groups -OCH3 is 2. The summed E-state index contributed by atoms with van der Waals surface area (Å²) in [7, 11) is 2.96. The molecule has 2 heterocycles. The van der Waals surface area contributed by atoms with Crippen molar-refractivity contribution in [1.29, 1.82) is 0 Å². The minimum Gasteiger partial charge on any atom is -0.492 e. The number of ketones is 1. The zero-order valence-electron chi connectivity index (χ0n) is 30.1. The number of aliphatic hydroxyl groups excluding tert-OH is 2. The fourth-order valence-corrected chi connectivity index (χ4v) is 11.8. The van der Waals surface area contributed by atoms with Gasteiger partial charge in [-0.1, -0.05) is 33.3 Å². The predicted molar refractivity (Wildman–Crippen MR) is 209 cm³/mol. The molecule has 2 aliphatic heterocycles. The van der Waals surface area contributed by atoms with Crippen molar-refractivity contribution in [3.63, 3.8) is 0 Å². The summed E-state index contributed by atoms with van der Waals surface area (Å²) in [6.07, 6.45) is 0.227. The number of hydrogen-bond acceptors (Lipinski definition) is 11. The van der Waals surface area contributed by atoms with Crippen molar-refractivity contribution >= 4 is 89.3 Å². The van der Waals surface area contributed by atoms with E-state index < -0.39 is 0 Å². The summed E-state index contributed by atoms with van der Waals surface area (Å²) in [5.41, 5.74) is 4.00. The van der Waals surface area contributed by atoms with E-state index >= 15 is 4.79 Å². The molecule has 2 unspecified atom stereocenters. The first kappa shape index (κ1) is 34.3. The smallest absolute Gasteiger partial charge is 0.230 e. The van der Waals surface area contributed by atoms with E-state index in [-0.39, 0.29) is 71.7 Å². The van der Waals surface area contributed by atoms with Crippen molar-refractivity contribution in [2.75, 3.05) is 36.4 Å². The molecule has 4 N–H and O–H groups in total. The number of aliphatic hydroxyl groups is 2. The van der Waals surface area contributed by atoms with Gasteiger partial charge in [-0.25, -0.2) is 0 Å². The molecule has 2 atom stereocenters. The maximum absolute atomic E-state index is 15.0. The van der Waals surface area contributed by atoms with Crippen LogP contribution in [0.4, 0.5) is 11.4 Å². The minimum atomic E-state index is -0.354. The Morgan fingerprint density at radius 2 is 1.22 bits per heavy atom. The molecule has 5 aromatic carbocycles. The molecule has 3 aliphatic rings. The number of nitrogens with one attached hydrogen (secondary N) is 2. The molecule has 0 aromatic heterocycles. The average Bonchev–Trinajstić information content (AvgIpc) is 3.23. The summed E-state index contributed by atoms with van der Waals surface area (Å²) in [6.45, 7) is 11.2. The van der Waals surface area contributed by atoms with Crippen molar-refractivity contribution in [2.45, 2.75) is 83.1 Å². The van der Waals surface area contributed by atoms with Gasteiger partial charge in [-0.15, -0.1) is 23.5 Å². The van der Waals surface area contributed by atoms with E-state index in [2.05, 4.69) is 38.3 Å². The van der Waals surface area contributed by atoms with Gasteiger partial charge in [0.05, 0.1) is 49.6 Å². The molecule has 0 saturated carbocycles. The Hall–Kier alpha value is -3.77. The first-order valence-corrected chi connectivity index (χ1v) is 19.5. The molecule has 0 fully saturated rings. The highest BCUT2D eigenvalue weighted by atomic mass is 32.2. The molecule has 0 spiro atoms. The zero-order valence-corrected chi connectivity index (χ0v) is 31.7. The van der Waals surface area contributed by atoms with E-state index in [1.165, 1.54) is 21.1 Å². The van der Waals surface area contributed by atoms with Crippen LogP contribution in [0, 0.1) is 11.8 Å². The standard InChI is InChI=1S/C40H42N2O7S2/c1-14(2)21-12-50-39-19(10-43)25-26-20(11-44)40-34(42-22(13-51-40)15(3)4)32-29(26)28-24-18(37(48-7)35(46)31(27(24)25)33(39)41-21)9-16(5)23(17(6)45)30(28)38(49-8)36(32)47/h14-15,21-22,41-44H,9-13H2,1-8H3. The van der Waals surface area contributed by atoms with Crippen molar-refractivity contribution < 1.29 is 24.5 Å². The molecule has 8 rings (SSSR count). The Morgan fingerprint density at radius 3 is 1.65 bits per heavy atom. The lowest BCUT2D eigenvalue weighted by Gasteiger charge is -2.35. The topological polar surface area (TPSA) is 134 Å². The lowest BCUT2D eigenvalue weighted by Crippen LogP contribution is -2.32. The van der Waals surface area contributed by atoms with Gasteiger partial charge in [0.2, 0.25) is 10.9 Å². The highest BCUT2D eigenvalue weighted by molar-refractivity contribution is 8.00. The highest BCUT2D eigenvalue weighted by Gasteiger charge is 2.39. The van der Waals surface area contributed by atoms with Gasteiger partial charge >= 0.3 is 0 Å². The Labute approximate surface area is 303 Å². The molecule has 0 bridgehead atoms. The number of fused-ring (bicyclic) bond motifs is 5. The number of benzene rings is 5. The minimum absolute atomic E-state index is 0.0518. The number of anilines is 2. The normalized spacial score (nSPS) is 18.6. The number of Topliss-reactive ketones (excluding diaryl/α,β-unsaturated/α-hetero) is 1. The number of rotatable bonds is 7. The Balaban J connectivity index is 1.79. The van der Waals surface area contributed by atoms with Gasteiger partial charge in [0.15, 0.2) is 17.3 Å². The second kappa shape index (κ2) is 12.1. The maximum atomic E-state index is 15.0. The zero-order chi connectivity index (χ0) is 36.4. The first-order valence-electron chi connectivity index (χ1n) is 17.5. The van der Waals surface area contributed by atoms with Crippen LogP contribution in [0.15, 0.2) is 25.0 Å². The van der Waals surface area contributed by atoms with Crippen LogP contribution in [0.5, 0.6) is 11.5 Å². The molecule has 11 heteroatoms. The van der Waals surface area contributed by atoms with Gasteiger partial charge in [0.25, 0.3) is 0 Å². The third kappa shape index (κ3) is 4.47. The van der Waals surface area contributed by atoms with Crippen molar-refractivity contribution in [1.82, 2.24) is 0 Å². The van der Waals surface area contributed by atoms with Gasteiger partial charge in [-0.05, 0) is 48.3 Å². The maximum Gasteiger partial charge on any atom is 0.230 e. The van der Waals surface area contributed by atoms with Crippen LogP contribution in [0.1, 0.15) is 63.8 Å². The summed E-state index contributed by atoms with van der Waals surface area (Å²) in [5, 5.41) is 34.8. The molecule has 9 nitrogen and oxygen atoms in total. The molecule has 0 radical (unpaired) electrons. The van der Waals surface area contributed by atoms with E-state index in [0.717, 1.165) is 21.3 Å². The molecule has 5 aromatic rings. The van der Waals surface area contributed by atoms with Crippen LogP contribution in [-0.4, -0.2) is 53.8 Å². The fourth-order valence-electron chi connectivity index (χ4n) is 8.85. The summed E-state index contributed by atoms with van der Waals surface area (Å²) in [6, 6.07) is 0.116. The number of carbonyl (C=O) groups is 1. The third-order valence-electron chi connectivity index (χ3n) is 11.3. The summed E-state index contributed by atoms with van der Waals surface area (Å²) in [5.74, 6) is 2.00. The van der Waals surface area contributed by atoms with Gasteiger partial charge in [-0.2, -0.15) is 0 Å². The summed E-state index contributed by atoms with van der Waals surface area (Å²) in [4.78, 5) is 45.3. The van der Waals surface area contributed by atoms with Crippen LogP contribution in [0.2, 0.25) is 0 Å². The number of allylic oxidation sites excluding steroid dienone is 2. The van der Waals surface area contributed by atoms with Crippen LogP contribution in [0.3, 0.4) is 0 Å². The van der Waals surface area contributed by atoms with Crippen LogP contribution >= 0.6 is 23.5 Å². The Bertz CT molecular complexity index is 2510. The van der Waals surface area contributed by atoms with Crippen LogP contribution in [-0.2, 0) is 24.4 Å². The molecular weight excluding hydrogens is 685 g/mol. The van der Waals surface area contributed by atoms with Crippen molar-refractivity contribution in [3.05, 3.63) is 48.3 Å². The van der Waals surface area contributed by atoms with E-state index in [1.807, 2.05) is 6.92 Å². The molecular formula is C40H42N2O7S2. The Morgan fingerprint density at radius 1 is 0.745 bits per heavy atom. The number of thioether (sulfide) groups is 2. The van der Waals surface area contributed by atoms with Crippen molar-refractivity contribution in [2.24, 2.45) is 11.8 Å². The lowest BCUT2D eigenvalue weighted by molar-refractivity contribution is -0.111. The monoisotopic (exact) mass is 726 g/mol. The first-order chi connectivity index (χ1) is 24.4. The highest BCUT2D eigenvalue weighted by Crippen LogP contribution is 2.57. The van der Waals surface area contributed by atoms with E-state index in [0.29, 0.717) is 87.9 Å². The second-order valence-electron chi connectivity index (χ2n) is 14.8. The Kier molecular flexibility index (Phi) is 8.18.